The maximum absolute atomic E-state index is 16.6. The van der Waals surface area contributed by atoms with Crippen molar-refractivity contribution < 1.29 is 13.5 Å². The van der Waals surface area contributed by atoms with Crippen molar-refractivity contribution in [1.82, 2.24) is 30.4 Å². The van der Waals surface area contributed by atoms with Gasteiger partial charge in [0, 0.05) is 54.5 Å². The minimum absolute atomic E-state index is 0.101. The van der Waals surface area contributed by atoms with Gasteiger partial charge in [0.2, 0.25) is 0 Å². The van der Waals surface area contributed by atoms with Crippen LogP contribution in [0.5, 0.6) is 6.01 Å². The van der Waals surface area contributed by atoms with E-state index in [1.54, 1.807) is 12.3 Å². The van der Waals surface area contributed by atoms with Crippen molar-refractivity contribution in [3.63, 3.8) is 0 Å². The number of hydrogen-bond donors (Lipinski definition) is 2. The maximum atomic E-state index is 16.6. The fraction of sp³-hybridized carbons (Fsp3) is 0.483. The second-order valence-corrected chi connectivity index (χ2v) is 11.9. The van der Waals surface area contributed by atoms with Crippen LogP contribution in [0.2, 0.25) is 5.02 Å². The number of aromatic nitrogens is 4. The molecule has 2 aromatic heterocycles. The molecule has 11 heteroatoms. The number of anilines is 1. The number of hydrogen-bond acceptors (Lipinski definition) is 7. The number of aryl methyl sites for hydroxylation is 1. The number of alkyl halides is 1. The number of fused-ring (bicyclic) bond motifs is 3. The monoisotopic (exact) mass is 567 g/mol. The van der Waals surface area contributed by atoms with Gasteiger partial charge in [0.25, 0.3) is 0 Å². The lowest BCUT2D eigenvalue weighted by Crippen LogP contribution is -2.43. The van der Waals surface area contributed by atoms with Gasteiger partial charge in [-0.05, 0) is 57.0 Å². The summed E-state index contributed by atoms with van der Waals surface area (Å²) < 4.78 is 37.2. The zero-order valence-corrected chi connectivity index (χ0v) is 23.4. The molecule has 3 aliphatic rings. The maximum Gasteiger partial charge on any atom is 0.319 e. The molecular weight excluding hydrogens is 536 g/mol. The first kappa shape index (κ1) is 25.9. The van der Waals surface area contributed by atoms with Crippen molar-refractivity contribution >= 4 is 39.2 Å². The van der Waals surface area contributed by atoms with Gasteiger partial charge in [-0.3, -0.25) is 10.00 Å². The average Bonchev–Trinajstić information content (AvgIpc) is 3.73. The van der Waals surface area contributed by atoms with E-state index in [1.165, 1.54) is 0 Å². The second kappa shape index (κ2) is 9.78. The van der Waals surface area contributed by atoms with Crippen LogP contribution in [0.1, 0.15) is 31.2 Å². The Kier molecular flexibility index (Phi) is 6.32. The van der Waals surface area contributed by atoms with E-state index >= 15 is 4.39 Å². The summed E-state index contributed by atoms with van der Waals surface area (Å²) in [4.78, 5) is 13.7. The molecule has 7 rings (SSSR count). The minimum Gasteiger partial charge on any atom is -0.461 e. The zero-order chi connectivity index (χ0) is 27.6. The first-order valence-corrected chi connectivity index (χ1v) is 14.3. The third kappa shape index (κ3) is 4.11. The van der Waals surface area contributed by atoms with Gasteiger partial charge in [-0.15, -0.1) is 0 Å². The lowest BCUT2D eigenvalue weighted by molar-refractivity contribution is 0.107. The minimum atomic E-state index is -0.864. The first-order chi connectivity index (χ1) is 19.3. The Balaban J connectivity index is 1.35. The summed E-state index contributed by atoms with van der Waals surface area (Å²) in [6.45, 7) is 5.18. The number of nitrogens with one attached hydrogen (secondary N) is 2. The molecule has 40 heavy (non-hydrogen) atoms. The Morgan fingerprint density at radius 1 is 1.27 bits per heavy atom. The number of rotatable bonds is 6. The second-order valence-electron chi connectivity index (χ2n) is 11.5. The summed E-state index contributed by atoms with van der Waals surface area (Å²) in [6, 6.07) is 5.81. The van der Waals surface area contributed by atoms with E-state index in [0.29, 0.717) is 40.3 Å². The van der Waals surface area contributed by atoms with Crippen LogP contribution in [-0.4, -0.2) is 82.7 Å². The van der Waals surface area contributed by atoms with E-state index in [4.69, 9.17) is 21.3 Å². The zero-order valence-electron chi connectivity index (χ0n) is 22.6. The molecule has 4 aromatic rings. The van der Waals surface area contributed by atoms with Crippen LogP contribution in [0.15, 0.2) is 24.4 Å². The number of halogens is 3. The molecular formula is C29H32ClF2N7O. The van der Waals surface area contributed by atoms with Crippen molar-refractivity contribution in [1.29, 1.82) is 0 Å². The number of ether oxygens (including phenoxy) is 1. The highest BCUT2D eigenvalue weighted by atomic mass is 35.5. The number of H-pyrrole nitrogens is 1. The highest BCUT2D eigenvalue weighted by Crippen LogP contribution is 2.42. The number of likely N-dealkylation sites (N-methyl/N-ethyl adjacent to an activating group) is 1. The van der Waals surface area contributed by atoms with Crippen molar-refractivity contribution in [3.8, 4) is 17.1 Å². The van der Waals surface area contributed by atoms with E-state index in [0.717, 1.165) is 55.4 Å². The largest absolute Gasteiger partial charge is 0.461 e. The molecule has 0 unspecified atom stereocenters. The van der Waals surface area contributed by atoms with Crippen LogP contribution in [0.3, 0.4) is 0 Å². The van der Waals surface area contributed by atoms with Gasteiger partial charge < -0.3 is 15.0 Å². The van der Waals surface area contributed by atoms with Gasteiger partial charge in [-0.1, -0.05) is 17.7 Å². The number of benzene rings is 2. The third-order valence-corrected chi connectivity index (χ3v) is 9.53. The van der Waals surface area contributed by atoms with Crippen molar-refractivity contribution in [2.45, 2.75) is 50.4 Å². The van der Waals surface area contributed by atoms with Gasteiger partial charge in [0.15, 0.2) is 5.82 Å². The summed E-state index contributed by atoms with van der Waals surface area (Å²) in [7, 11) is 1.98. The van der Waals surface area contributed by atoms with Gasteiger partial charge in [0.05, 0.1) is 22.3 Å². The molecule has 0 bridgehead atoms. The molecule has 5 heterocycles. The smallest absolute Gasteiger partial charge is 0.319 e. The lowest BCUT2D eigenvalue weighted by Gasteiger charge is -2.31. The summed E-state index contributed by atoms with van der Waals surface area (Å²) in [5.74, 6) is 0.114. The Morgan fingerprint density at radius 2 is 2.15 bits per heavy atom. The highest BCUT2D eigenvalue weighted by Gasteiger charge is 2.49. The first-order valence-electron chi connectivity index (χ1n) is 13.9. The molecule has 3 saturated heterocycles. The standard InChI is InChI=1S/C29H32ClF2N7O/c1-16-10-22-21(13-34-37-22)23(24(16)30)19-4-5-20-26(25(19)32)35-28(36-27(20)38(2)18-6-8-33-12-18)40-15-29-7-3-9-39(29)14-17(31)11-29/h4-5,10,13,17-18,33H,3,6-9,11-12,14-15H2,1-2H3,(H,34,37)/t17-,18-,29+/m1/s1. The Morgan fingerprint density at radius 3 is 2.98 bits per heavy atom. The van der Waals surface area contributed by atoms with Crippen molar-refractivity contribution in [2.24, 2.45) is 0 Å². The molecule has 0 spiro atoms. The fourth-order valence-electron chi connectivity index (χ4n) is 6.91. The topological polar surface area (TPSA) is 82.2 Å². The molecule has 0 saturated carbocycles. The van der Waals surface area contributed by atoms with Crippen LogP contribution in [0, 0.1) is 12.7 Å². The quantitative estimate of drug-likeness (QED) is 0.338. The summed E-state index contributed by atoms with van der Waals surface area (Å²) in [6.07, 6.45) is 4.06. The molecule has 0 aliphatic carbocycles. The van der Waals surface area contributed by atoms with E-state index < -0.39 is 12.0 Å². The van der Waals surface area contributed by atoms with Crippen LogP contribution in [0.25, 0.3) is 32.9 Å². The normalized spacial score (nSPS) is 24.8. The Bertz CT molecular complexity index is 1610. The van der Waals surface area contributed by atoms with Crippen molar-refractivity contribution in [2.75, 3.05) is 44.7 Å². The van der Waals surface area contributed by atoms with Crippen LogP contribution < -0.4 is 15.0 Å². The predicted octanol–water partition coefficient (Wildman–Crippen LogP) is 5.03. The van der Waals surface area contributed by atoms with Crippen LogP contribution in [-0.2, 0) is 0 Å². The molecule has 0 amide bonds. The average molecular weight is 568 g/mol. The molecule has 3 atom stereocenters. The van der Waals surface area contributed by atoms with E-state index in [-0.39, 0.29) is 29.7 Å². The van der Waals surface area contributed by atoms with Crippen LogP contribution >= 0.6 is 11.6 Å². The number of aromatic amines is 1. The molecule has 0 radical (unpaired) electrons. The molecule has 3 fully saturated rings. The highest BCUT2D eigenvalue weighted by molar-refractivity contribution is 6.36. The Hall–Kier alpha value is -3.08. The van der Waals surface area contributed by atoms with E-state index in [2.05, 4.69) is 30.3 Å². The molecule has 3 aliphatic heterocycles. The molecule has 8 nitrogen and oxygen atoms in total. The summed E-state index contributed by atoms with van der Waals surface area (Å²) in [5, 5.41) is 12.3. The van der Waals surface area contributed by atoms with Gasteiger partial charge >= 0.3 is 6.01 Å². The fourth-order valence-corrected chi connectivity index (χ4v) is 7.16. The van der Waals surface area contributed by atoms with Crippen molar-refractivity contribution in [3.05, 3.63) is 40.8 Å². The number of nitrogens with zero attached hydrogens (tertiary/aromatic N) is 5. The molecule has 2 aromatic carbocycles. The van der Waals surface area contributed by atoms with E-state index in [1.807, 2.05) is 26.1 Å². The summed E-state index contributed by atoms with van der Waals surface area (Å²) in [5.41, 5.74) is 2.31. The third-order valence-electron chi connectivity index (χ3n) is 9.05. The van der Waals surface area contributed by atoms with Gasteiger partial charge in [-0.25, -0.2) is 8.78 Å². The van der Waals surface area contributed by atoms with Crippen LogP contribution in [0.4, 0.5) is 14.6 Å². The predicted molar refractivity (Wildman–Crippen MR) is 153 cm³/mol. The lowest BCUT2D eigenvalue weighted by atomic mass is 9.95. The van der Waals surface area contributed by atoms with Gasteiger partial charge in [-0.2, -0.15) is 15.1 Å². The SMILES string of the molecule is Cc1cc2[nH]ncc2c(-c2ccc3c(N(C)[C@@H]4CCNC4)nc(OC[C@@]45CCCN4C[C@H](F)C5)nc3c2F)c1Cl. The van der Waals surface area contributed by atoms with Gasteiger partial charge in [0.1, 0.15) is 24.1 Å². The molecule has 2 N–H and O–H groups in total. The van der Waals surface area contributed by atoms with E-state index in [9.17, 15) is 4.39 Å². The summed E-state index contributed by atoms with van der Waals surface area (Å²) >= 11 is 6.75. The molecule has 210 valence electrons. The Labute approximate surface area is 236 Å².